The van der Waals surface area contributed by atoms with E-state index >= 15 is 0 Å². The number of benzene rings is 2. The Kier molecular flexibility index (Phi) is 2.01. The van der Waals surface area contributed by atoms with Crippen LogP contribution >= 0.6 is 0 Å². The third-order valence-corrected chi connectivity index (χ3v) is 4.54. The van der Waals surface area contributed by atoms with Crippen LogP contribution in [0.3, 0.4) is 0 Å². The molecule has 0 aliphatic carbocycles. The van der Waals surface area contributed by atoms with Gasteiger partial charge in [0, 0.05) is 11.5 Å². The summed E-state index contributed by atoms with van der Waals surface area (Å²) in [6.45, 7) is 4.16. The molecule has 1 saturated heterocycles. The Morgan fingerprint density at radius 2 is 2.11 bits per heavy atom. The average molecular weight is 239 g/mol. The molecule has 0 saturated carbocycles. The molecule has 1 fully saturated rings. The lowest BCUT2D eigenvalue weighted by molar-refractivity contribution is 0.172. The van der Waals surface area contributed by atoms with Crippen molar-refractivity contribution in [3.05, 3.63) is 42.0 Å². The zero-order valence-electron chi connectivity index (χ0n) is 10.6. The van der Waals surface area contributed by atoms with Crippen molar-refractivity contribution < 1.29 is 4.74 Å². The largest absolute Gasteiger partial charge is 0.491 e. The van der Waals surface area contributed by atoms with E-state index in [2.05, 4.69) is 48.6 Å². The van der Waals surface area contributed by atoms with Crippen molar-refractivity contribution in [3.63, 3.8) is 0 Å². The number of rotatable bonds is 0. The van der Waals surface area contributed by atoms with Gasteiger partial charge >= 0.3 is 0 Å². The van der Waals surface area contributed by atoms with E-state index in [1.807, 2.05) is 0 Å². The van der Waals surface area contributed by atoms with E-state index in [9.17, 15) is 0 Å². The number of ether oxygens (including phenoxy) is 1. The number of fused-ring (bicyclic) bond motifs is 5. The molecular weight excluding hydrogens is 222 g/mol. The van der Waals surface area contributed by atoms with Crippen molar-refractivity contribution in [1.82, 2.24) is 5.32 Å². The van der Waals surface area contributed by atoms with Crippen LogP contribution in [0.4, 0.5) is 0 Å². The summed E-state index contributed by atoms with van der Waals surface area (Å²) < 4.78 is 5.99. The number of hydrogen-bond donors (Lipinski definition) is 1. The second-order valence-corrected chi connectivity index (χ2v) is 5.67. The maximum Gasteiger partial charge on any atom is 0.123 e. The van der Waals surface area contributed by atoms with E-state index in [0.717, 1.165) is 18.9 Å². The molecule has 1 N–H and O–H groups in total. The lowest BCUT2D eigenvalue weighted by atomic mass is 9.78. The maximum atomic E-state index is 5.99. The summed E-state index contributed by atoms with van der Waals surface area (Å²) in [5, 5.41) is 6.29. The third-order valence-electron chi connectivity index (χ3n) is 4.54. The van der Waals surface area contributed by atoms with Crippen LogP contribution in [-0.2, 0) is 0 Å². The van der Waals surface area contributed by atoms with Crippen LogP contribution in [0.5, 0.6) is 5.75 Å². The fourth-order valence-corrected chi connectivity index (χ4v) is 3.55. The molecule has 4 rings (SSSR count). The van der Waals surface area contributed by atoms with Gasteiger partial charge in [0.2, 0.25) is 0 Å². The Morgan fingerprint density at radius 3 is 3.06 bits per heavy atom. The minimum absolute atomic E-state index is 0.108. The van der Waals surface area contributed by atoms with Crippen molar-refractivity contribution in [2.75, 3.05) is 13.2 Å². The van der Waals surface area contributed by atoms with Crippen LogP contribution in [0.15, 0.2) is 36.4 Å². The van der Waals surface area contributed by atoms with Crippen molar-refractivity contribution >= 4 is 10.8 Å². The smallest absolute Gasteiger partial charge is 0.123 e. The van der Waals surface area contributed by atoms with Crippen LogP contribution in [0.2, 0.25) is 0 Å². The Hall–Kier alpha value is -1.54. The first-order valence-electron chi connectivity index (χ1n) is 6.67. The van der Waals surface area contributed by atoms with Crippen LogP contribution in [0.25, 0.3) is 10.8 Å². The Bertz CT molecular complexity index is 622. The first kappa shape index (κ1) is 10.4. The molecule has 0 amide bonds. The Morgan fingerprint density at radius 1 is 1.22 bits per heavy atom. The molecule has 2 nitrogen and oxygen atoms in total. The SMILES string of the molecule is C[C@@]12COc3ccc4ccccc4c3[C@@H]1CCN2. The zero-order valence-corrected chi connectivity index (χ0v) is 10.6. The average Bonchev–Trinajstić information content (AvgIpc) is 2.80. The van der Waals surface area contributed by atoms with Crippen LogP contribution < -0.4 is 10.1 Å². The highest BCUT2D eigenvalue weighted by atomic mass is 16.5. The van der Waals surface area contributed by atoms with Gasteiger partial charge in [-0.05, 0) is 36.7 Å². The lowest BCUT2D eigenvalue weighted by Crippen LogP contribution is -2.48. The molecule has 0 aromatic heterocycles. The highest BCUT2D eigenvalue weighted by Gasteiger charge is 2.44. The van der Waals surface area contributed by atoms with Gasteiger partial charge in [0.25, 0.3) is 0 Å². The Labute approximate surface area is 107 Å². The van der Waals surface area contributed by atoms with Gasteiger partial charge in [-0.1, -0.05) is 30.3 Å². The first-order valence-corrected chi connectivity index (χ1v) is 6.67. The van der Waals surface area contributed by atoms with Crippen molar-refractivity contribution in [2.45, 2.75) is 24.8 Å². The maximum absolute atomic E-state index is 5.99. The minimum Gasteiger partial charge on any atom is -0.491 e. The number of hydrogen-bond acceptors (Lipinski definition) is 2. The molecule has 0 spiro atoms. The van der Waals surface area contributed by atoms with E-state index in [-0.39, 0.29) is 5.54 Å². The fourth-order valence-electron chi connectivity index (χ4n) is 3.55. The van der Waals surface area contributed by atoms with Crippen molar-refractivity contribution in [3.8, 4) is 5.75 Å². The summed E-state index contributed by atoms with van der Waals surface area (Å²) in [6, 6.07) is 12.9. The van der Waals surface area contributed by atoms with Gasteiger partial charge in [-0.2, -0.15) is 0 Å². The molecule has 0 radical (unpaired) electrons. The highest BCUT2D eigenvalue weighted by molar-refractivity contribution is 5.88. The second kappa shape index (κ2) is 3.48. The molecule has 18 heavy (non-hydrogen) atoms. The monoisotopic (exact) mass is 239 g/mol. The summed E-state index contributed by atoms with van der Waals surface area (Å²) in [7, 11) is 0. The molecule has 2 aliphatic heterocycles. The summed E-state index contributed by atoms with van der Waals surface area (Å²) in [5.41, 5.74) is 1.52. The molecule has 2 aliphatic rings. The van der Waals surface area contributed by atoms with Gasteiger partial charge in [-0.25, -0.2) is 0 Å². The molecular formula is C16H17NO. The fraction of sp³-hybridized carbons (Fsp3) is 0.375. The van der Waals surface area contributed by atoms with E-state index in [1.165, 1.54) is 22.8 Å². The van der Waals surface area contributed by atoms with Crippen LogP contribution in [0.1, 0.15) is 24.8 Å². The third kappa shape index (κ3) is 1.27. The molecule has 0 unspecified atom stereocenters. The van der Waals surface area contributed by atoms with Gasteiger partial charge in [0.15, 0.2) is 0 Å². The predicted octanol–water partition coefficient (Wildman–Crippen LogP) is 3.07. The molecule has 2 heteroatoms. The van der Waals surface area contributed by atoms with Gasteiger partial charge in [0.05, 0.1) is 5.54 Å². The summed E-state index contributed by atoms with van der Waals surface area (Å²) >= 11 is 0. The van der Waals surface area contributed by atoms with Gasteiger partial charge in [-0.3, -0.25) is 0 Å². The summed E-state index contributed by atoms with van der Waals surface area (Å²) in [4.78, 5) is 0. The van der Waals surface area contributed by atoms with E-state index in [4.69, 9.17) is 4.74 Å². The zero-order chi connectivity index (χ0) is 12.2. The second-order valence-electron chi connectivity index (χ2n) is 5.67. The molecule has 2 atom stereocenters. The molecule has 2 aromatic rings. The number of nitrogens with one attached hydrogen (secondary N) is 1. The predicted molar refractivity (Wildman–Crippen MR) is 73.2 cm³/mol. The van der Waals surface area contributed by atoms with Gasteiger partial charge in [0.1, 0.15) is 12.4 Å². The lowest BCUT2D eigenvalue weighted by Gasteiger charge is -2.38. The quantitative estimate of drug-likeness (QED) is 0.763. The Balaban J connectivity index is 2.02. The van der Waals surface area contributed by atoms with Gasteiger partial charge in [-0.15, -0.1) is 0 Å². The topological polar surface area (TPSA) is 21.3 Å². The minimum atomic E-state index is 0.108. The van der Waals surface area contributed by atoms with Crippen molar-refractivity contribution in [2.24, 2.45) is 0 Å². The van der Waals surface area contributed by atoms with E-state index < -0.39 is 0 Å². The molecule has 92 valence electrons. The van der Waals surface area contributed by atoms with Gasteiger partial charge < -0.3 is 10.1 Å². The normalized spacial score (nSPS) is 29.7. The molecule has 0 bridgehead atoms. The first-order chi connectivity index (χ1) is 8.78. The molecule has 2 aromatic carbocycles. The van der Waals surface area contributed by atoms with Crippen LogP contribution in [-0.4, -0.2) is 18.7 Å². The molecule has 2 heterocycles. The standard InChI is InChI=1S/C16H17NO/c1-16-10-18-14-7-6-11-4-2-3-5-12(11)15(14)13(16)8-9-17-16/h2-7,13,17H,8-10H2,1H3/t13-,16+/m0/s1. The summed E-state index contributed by atoms with van der Waals surface area (Å²) in [5.74, 6) is 1.66. The summed E-state index contributed by atoms with van der Waals surface area (Å²) in [6.07, 6.45) is 1.21. The van der Waals surface area contributed by atoms with E-state index in [0.29, 0.717) is 5.92 Å². The van der Waals surface area contributed by atoms with Crippen molar-refractivity contribution in [1.29, 1.82) is 0 Å². The van der Waals surface area contributed by atoms with E-state index in [1.54, 1.807) is 0 Å². The highest BCUT2D eigenvalue weighted by Crippen LogP contribution is 2.47. The van der Waals surface area contributed by atoms with Crippen LogP contribution in [0, 0.1) is 0 Å².